The number of carbonyl (C=O) groups is 1. The molecule has 1 heterocycles. The summed E-state index contributed by atoms with van der Waals surface area (Å²) in [7, 11) is 0. The maximum absolute atomic E-state index is 11.8. The van der Waals surface area contributed by atoms with Crippen LogP contribution < -0.4 is 0 Å². The zero-order valence-electron chi connectivity index (χ0n) is 10.6. The molecule has 0 saturated carbocycles. The molecule has 1 aromatic carbocycles. The van der Waals surface area contributed by atoms with E-state index in [9.17, 15) is 4.79 Å². The Kier molecular flexibility index (Phi) is 3.82. The Balaban J connectivity index is 2.29. The highest BCUT2D eigenvalue weighted by atomic mass is 16.5. The molecule has 0 fully saturated rings. The largest absolute Gasteiger partial charge is 0.461 e. The molecule has 0 spiro atoms. The number of benzene rings is 1. The molecule has 2 aromatic rings. The predicted molar refractivity (Wildman–Crippen MR) is 70.7 cm³/mol. The lowest BCUT2D eigenvalue weighted by molar-refractivity contribution is 0.0518. The summed E-state index contributed by atoms with van der Waals surface area (Å²) in [5, 5.41) is 0. The summed E-state index contributed by atoms with van der Waals surface area (Å²) in [6.45, 7) is 4.28. The summed E-state index contributed by atoms with van der Waals surface area (Å²) in [5.41, 5.74) is 2.70. The lowest BCUT2D eigenvalue weighted by Crippen LogP contribution is -2.09. The molecule has 94 valence electrons. The summed E-state index contributed by atoms with van der Waals surface area (Å²) in [5.74, 6) is -0.128. The summed E-state index contributed by atoms with van der Waals surface area (Å²) < 4.78 is 5.04. The van der Waals surface area contributed by atoms with E-state index in [4.69, 9.17) is 4.74 Å². The lowest BCUT2D eigenvalue weighted by Gasteiger charge is -2.12. The Hall–Kier alpha value is -2.03. The van der Waals surface area contributed by atoms with Gasteiger partial charge < -0.3 is 9.72 Å². The molecular weight excluding hydrogens is 226 g/mol. The number of nitrogens with one attached hydrogen (secondary N) is 1. The molecule has 1 N–H and O–H groups in total. The zero-order valence-corrected chi connectivity index (χ0v) is 10.6. The number of esters is 1. The first-order valence-corrected chi connectivity index (χ1v) is 6.13. The minimum atomic E-state index is -0.291. The number of H-pyrrole nitrogens is 1. The molecule has 0 radical (unpaired) electrons. The van der Waals surface area contributed by atoms with Crippen molar-refractivity contribution in [2.75, 3.05) is 6.61 Å². The smallest absolute Gasteiger partial charge is 0.355 e. The molecule has 0 amide bonds. The standard InChI is InChI=1S/C15H17NO2/c1-3-18-15(17)14-13(9-10-16-14)11(2)12-7-5-4-6-8-12/h4-11,16H,3H2,1-2H3. The van der Waals surface area contributed by atoms with Crippen molar-refractivity contribution in [3.8, 4) is 0 Å². The van der Waals surface area contributed by atoms with Gasteiger partial charge in [0.05, 0.1) is 6.61 Å². The molecule has 3 heteroatoms. The van der Waals surface area contributed by atoms with E-state index >= 15 is 0 Å². The highest BCUT2D eigenvalue weighted by Crippen LogP contribution is 2.26. The average molecular weight is 243 g/mol. The van der Waals surface area contributed by atoms with Gasteiger partial charge in [-0.3, -0.25) is 0 Å². The number of hydrogen-bond donors (Lipinski definition) is 1. The Bertz CT molecular complexity index is 516. The fraction of sp³-hybridized carbons (Fsp3) is 0.267. The van der Waals surface area contributed by atoms with E-state index in [1.54, 1.807) is 13.1 Å². The molecule has 0 aliphatic rings. The second kappa shape index (κ2) is 5.54. The quantitative estimate of drug-likeness (QED) is 0.837. The number of rotatable bonds is 4. The van der Waals surface area contributed by atoms with Gasteiger partial charge in [-0.25, -0.2) is 4.79 Å². The molecule has 2 rings (SSSR count). The zero-order chi connectivity index (χ0) is 13.0. The van der Waals surface area contributed by atoms with Gasteiger partial charge >= 0.3 is 5.97 Å². The van der Waals surface area contributed by atoms with Crippen LogP contribution in [-0.4, -0.2) is 17.6 Å². The van der Waals surface area contributed by atoms with Crippen LogP contribution in [0, 0.1) is 0 Å². The third-order valence-electron chi connectivity index (χ3n) is 3.02. The maximum Gasteiger partial charge on any atom is 0.355 e. The Morgan fingerprint density at radius 1 is 1.28 bits per heavy atom. The van der Waals surface area contributed by atoms with E-state index in [1.165, 1.54) is 5.56 Å². The minimum Gasteiger partial charge on any atom is -0.461 e. The number of aromatic amines is 1. The number of carbonyl (C=O) groups excluding carboxylic acids is 1. The van der Waals surface area contributed by atoms with Gasteiger partial charge in [0.1, 0.15) is 5.69 Å². The SMILES string of the molecule is CCOC(=O)c1[nH]ccc1C(C)c1ccccc1. The van der Waals surface area contributed by atoms with E-state index in [1.807, 2.05) is 24.3 Å². The van der Waals surface area contributed by atoms with Crippen molar-refractivity contribution in [2.45, 2.75) is 19.8 Å². The first kappa shape index (κ1) is 12.4. The van der Waals surface area contributed by atoms with Gasteiger partial charge in [-0.15, -0.1) is 0 Å². The highest BCUT2D eigenvalue weighted by molar-refractivity contribution is 5.89. The molecule has 0 bridgehead atoms. The summed E-state index contributed by atoms with van der Waals surface area (Å²) in [4.78, 5) is 14.8. The minimum absolute atomic E-state index is 0.164. The Morgan fingerprint density at radius 2 is 2.00 bits per heavy atom. The first-order chi connectivity index (χ1) is 8.74. The fourth-order valence-corrected chi connectivity index (χ4v) is 2.04. The van der Waals surface area contributed by atoms with Crippen molar-refractivity contribution in [1.29, 1.82) is 0 Å². The Morgan fingerprint density at radius 3 is 2.67 bits per heavy atom. The highest BCUT2D eigenvalue weighted by Gasteiger charge is 2.19. The molecule has 1 atom stereocenters. The van der Waals surface area contributed by atoms with Crippen LogP contribution in [0.4, 0.5) is 0 Å². The van der Waals surface area contributed by atoms with Crippen molar-refractivity contribution in [3.63, 3.8) is 0 Å². The lowest BCUT2D eigenvalue weighted by atomic mass is 9.93. The molecule has 3 nitrogen and oxygen atoms in total. The van der Waals surface area contributed by atoms with Crippen LogP contribution in [0.2, 0.25) is 0 Å². The summed E-state index contributed by atoms with van der Waals surface area (Å²) >= 11 is 0. The summed E-state index contributed by atoms with van der Waals surface area (Å²) in [6.07, 6.45) is 1.78. The monoisotopic (exact) mass is 243 g/mol. The van der Waals surface area contributed by atoms with Gasteiger partial charge in [0.2, 0.25) is 0 Å². The van der Waals surface area contributed by atoms with Crippen molar-refractivity contribution in [1.82, 2.24) is 4.98 Å². The van der Waals surface area contributed by atoms with E-state index in [0.717, 1.165) is 5.56 Å². The topological polar surface area (TPSA) is 42.1 Å². The van der Waals surface area contributed by atoms with Gasteiger partial charge in [0.25, 0.3) is 0 Å². The molecule has 0 aliphatic heterocycles. The van der Waals surface area contributed by atoms with Crippen molar-refractivity contribution in [3.05, 3.63) is 59.4 Å². The third kappa shape index (κ3) is 2.45. The Labute approximate surface area is 107 Å². The van der Waals surface area contributed by atoms with Crippen LogP contribution in [0.15, 0.2) is 42.6 Å². The van der Waals surface area contributed by atoms with Gasteiger partial charge in [-0.1, -0.05) is 37.3 Å². The van der Waals surface area contributed by atoms with Crippen LogP contribution in [0.25, 0.3) is 0 Å². The summed E-state index contributed by atoms with van der Waals surface area (Å²) in [6, 6.07) is 12.0. The number of ether oxygens (including phenoxy) is 1. The molecule has 0 saturated heterocycles. The van der Waals surface area contributed by atoms with Crippen LogP contribution in [0.1, 0.15) is 41.4 Å². The van der Waals surface area contributed by atoms with E-state index in [0.29, 0.717) is 12.3 Å². The van der Waals surface area contributed by atoms with Gasteiger partial charge in [-0.05, 0) is 24.1 Å². The van der Waals surface area contributed by atoms with E-state index in [-0.39, 0.29) is 11.9 Å². The van der Waals surface area contributed by atoms with Crippen molar-refractivity contribution >= 4 is 5.97 Å². The normalized spacial score (nSPS) is 12.1. The molecule has 18 heavy (non-hydrogen) atoms. The van der Waals surface area contributed by atoms with Crippen molar-refractivity contribution < 1.29 is 9.53 Å². The second-order valence-electron chi connectivity index (χ2n) is 4.16. The third-order valence-corrected chi connectivity index (χ3v) is 3.02. The second-order valence-corrected chi connectivity index (χ2v) is 4.16. The van der Waals surface area contributed by atoms with Crippen molar-refractivity contribution in [2.24, 2.45) is 0 Å². The van der Waals surface area contributed by atoms with Gasteiger partial charge in [-0.2, -0.15) is 0 Å². The van der Waals surface area contributed by atoms with E-state index < -0.39 is 0 Å². The number of aromatic nitrogens is 1. The molecule has 1 unspecified atom stereocenters. The van der Waals surface area contributed by atoms with Crippen LogP contribution in [0.3, 0.4) is 0 Å². The molecule has 0 aliphatic carbocycles. The van der Waals surface area contributed by atoms with E-state index in [2.05, 4.69) is 24.0 Å². The van der Waals surface area contributed by atoms with Gasteiger partial charge in [0.15, 0.2) is 0 Å². The molecule has 1 aromatic heterocycles. The first-order valence-electron chi connectivity index (χ1n) is 6.13. The maximum atomic E-state index is 11.8. The van der Waals surface area contributed by atoms with Crippen LogP contribution in [0.5, 0.6) is 0 Å². The number of hydrogen-bond acceptors (Lipinski definition) is 2. The van der Waals surface area contributed by atoms with Crippen LogP contribution in [-0.2, 0) is 4.74 Å². The average Bonchev–Trinajstić information content (AvgIpc) is 2.88. The van der Waals surface area contributed by atoms with Crippen LogP contribution >= 0.6 is 0 Å². The fourth-order valence-electron chi connectivity index (χ4n) is 2.04. The molecular formula is C15H17NO2. The van der Waals surface area contributed by atoms with Gasteiger partial charge in [0, 0.05) is 12.1 Å². The predicted octanol–water partition coefficient (Wildman–Crippen LogP) is 3.34.